The van der Waals surface area contributed by atoms with E-state index in [2.05, 4.69) is 0 Å². The molecular formula is C13H14O2. The fourth-order valence-electron chi connectivity index (χ4n) is 2.41. The summed E-state index contributed by atoms with van der Waals surface area (Å²) in [4.78, 5) is 23.3. The molecule has 1 aliphatic carbocycles. The van der Waals surface area contributed by atoms with Crippen molar-refractivity contribution in [3.8, 4) is 0 Å². The van der Waals surface area contributed by atoms with E-state index in [0.29, 0.717) is 12.8 Å². The molecule has 0 aromatic heterocycles. The standard InChI is InChI=1S/C13H14O2/c1-9(14)7-13(2)8-10-5-3-4-6-11(10)12(13)15/h3-6H,7-8H2,1-2H3. The van der Waals surface area contributed by atoms with E-state index in [9.17, 15) is 9.59 Å². The second kappa shape index (κ2) is 3.30. The topological polar surface area (TPSA) is 34.1 Å². The first-order valence-corrected chi connectivity index (χ1v) is 5.15. The van der Waals surface area contributed by atoms with Gasteiger partial charge in [-0.05, 0) is 18.9 Å². The Kier molecular flexibility index (Phi) is 2.22. The van der Waals surface area contributed by atoms with Gasteiger partial charge in [0.05, 0.1) is 0 Å². The molecule has 1 aromatic rings. The van der Waals surface area contributed by atoms with Crippen molar-refractivity contribution in [1.82, 2.24) is 0 Å². The molecule has 0 bridgehead atoms. The van der Waals surface area contributed by atoms with Gasteiger partial charge in [0, 0.05) is 17.4 Å². The van der Waals surface area contributed by atoms with Crippen LogP contribution in [0.15, 0.2) is 24.3 Å². The number of hydrogen-bond donors (Lipinski definition) is 0. The lowest BCUT2D eigenvalue weighted by Gasteiger charge is -2.19. The molecular weight excluding hydrogens is 188 g/mol. The lowest BCUT2D eigenvalue weighted by molar-refractivity contribution is -0.118. The van der Waals surface area contributed by atoms with Crippen LogP contribution in [0.5, 0.6) is 0 Å². The summed E-state index contributed by atoms with van der Waals surface area (Å²) in [5, 5.41) is 0. The number of ketones is 2. The van der Waals surface area contributed by atoms with Gasteiger partial charge in [0.15, 0.2) is 5.78 Å². The van der Waals surface area contributed by atoms with E-state index in [1.54, 1.807) is 6.92 Å². The van der Waals surface area contributed by atoms with Crippen LogP contribution in [0.4, 0.5) is 0 Å². The summed E-state index contributed by atoms with van der Waals surface area (Å²) < 4.78 is 0. The highest BCUT2D eigenvalue weighted by molar-refractivity contribution is 6.06. The predicted molar refractivity (Wildman–Crippen MR) is 57.9 cm³/mol. The molecule has 0 heterocycles. The van der Waals surface area contributed by atoms with Crippen LogP contribution in [0, 0.1) is 5.41 Å². The largest absolute Gasteiger partial charge is 0.300 e. The quantitative estimate of drug-likeness (QED) is 0.738. The third-order valence-corrected chi connectivity index (χ3v) is 3.03. The van der Waals surface area contributed by atoms with Crippen LogP contribution in [0.2, 0.25) is 0 Å². The number of Topliss-reactive ketones (excluding diaryl/α,β-unsaturated/α-hetero) is 2. The van der Waals surface area contributed by atoms with Gasteiger partial charge in [0.1, 0.15) is 5.78 Å². The molecule has 0 aliphatic heterocycles. The molecule has 0 N–H and O–H groups in total. The van der Waals surface area contributed by atoms with Crippen LogP contribution in [0.3, 0.4) is 0 Å². The van der Waals surface area contributed by atoms with Gasteiger partial charge in [-0.2, -0.15) is 0 Å². The predicted octanol–water partition coefficient (Wildman–Crippen LogP) is 2.41. The lowest BCUT2D eigenvalue weighted by Crippen LogP contribution is -2.26. The number of fused-ring (bicyclic) bond motifs is 1. The van der Waals surface area contributed by atoms with E-state index in [4.69, 9.17) is 0 Å². The maximum atomic E-state index is 12.1. The smallest absolute Gasteiger partial charge is 0.169 e. The molecule has 2 nitrogen and oxygen atoms in total. The Bertz CT molecular complexity index is 434. The zero-order valence-electron chi connectivity index (χ0n) is 9.04. The average Bonchev–Trinajstić information content (AvgIpc) is 2.39. The minimum atomic E-state index is -0.504. The molecule has 1 unspecified atom stereocenters. The molecule has 78 valence electrons. The van der Waals surface area contributed by atoms with Gasteiger partial charge >= 0.3 is 0 Å². The van der Waals surface area contributed by atoms with E-state index < -0.39 is 5.41 Å². The van der Waals surface area contributed by atoms with Crippen molar-refractivity contribution in [3.63, 3.8) is 0 Å². The van der Waals surface area contributed by atoms with Crippen LogP contribution < -0.4 is 0 Å². The summed E-state index contributed by atoms with van der Waals surface area (Å²) in [6, 6.07) is 7.63. The number of carbonyl (C=O) groups excluding carboxylic acids is 2. The monoisotopic (exact) mass is 202 g/mol. The first-order valence-electron chi connectivity index (χ1n) is 5.15. The minimum absolute atomic E-state index is 0.0821. The van der Waals surface area contributed by atoms with Crippen LogP contribution in [0.1, 0.15) is 36.2 Å². The highest BCUT2D eigenvalue weighted by Crippen LogP contribution is 2.39. The fraction of sp³-hybridized carbons (Fsp3) is 0.385. The molecule has 2 rings (SSSR count). The van der Waals surface area contributed by atoms with E-state index in [1.807, 2.05) is 31.2 Å². The summed E-state index contributed by atoms with van der Waals surface area (Å²) in [5.41, 5.74) is 1.36. The molecule has 0 amide bonds. The summed E-state index contributed by atoms with van der Waals surface area (Å²) in [7, 11) is 0. The summed E-state index contributed by atoms with van der Waals surface area (Å²) >= 11 is 0. The first kappa shape index (κ1) is 10.1. The highest BCUT2D eigenvalue weighted by Gasteiger charge is 2.41. The number of benzene rings is 1. The molecule has 2 heteroatoms. The Balaban J connectivity index is 2.38. The van der Waals surface area contributed by atoms with E-state index in [0.717, 1.165) is 11.1 Å². The van der Waals surface area contributed by atoms with Crippen molar-refractivity contribution in [2.24, 2.45) is 5.41 Å². The van der Waals surface area contributed by atoms with E-state index in [1.165, 1.54) is 0 Å². The molecule has 15 heavy (non-hydrogen) atoms. The number of rotatable bonds is 2. The van der Waals surface area contributed by atoms with Gasteiger partial charge in [-0.25, -0.2) is 0 Å². The van der Waals surface area contributed by atoms with Crippen molar-refractivity contribution in [1.29, 1.82) is 0 Å². The number of hydrogen-bond acceptors (Lipinski definition) is 2. The van der Waals surface area contributed by atoms with Crippen molar-refractivity contribution in [3.05, 3.63) is 35.4 Å². The van der Waals surface area contributed by atoms with Crippen LogP contribution >= 0.6 is 0 Å². The van der Waals surface area contributed by atoms with Gasteiger partial charge in [0.25, 0.3) is 0 Å². The molecule has 0 saturated carbocycles. The minimum Gasteiger partial charge on any atom is -0.300 e. The molecule has 0 radical (unpaired) electrons. The van der Waals surface area contributed by atoms with Crippen molar-refractivity contribution >= 4 is 11.6 Å². The van der Waals surface area contributed by atoms with Crippen LogP contribution in [0.25, 0.3) is 0 Å². The molecule has 1 atom stereocenters. The second-order valence-corrected chi connectivity index (χ2v) is 4.60. The van der Waals surface area contributed by atoms with Gasteiger partial charge in [0.2, 0.25) is 0 Å². The molecule has 0 spiro atoms. The summed E-state index contributed by atoms with van der Waals surface area (Å²) in [5.74, 6) is 0.201. The van der Waals surface area contributed by atoms with Gasteiger partial charge in [-0.1, -0.05) is 31.2 Å². The SMILES string of the molecule is CC(=O)CC1(C)Cc2ccccc2C1=O. The molecule has 1 aromatic carbocycles. The Labute approximate surface area is 89.3 Å². The second-order valence-electron chi connectivity index (χ2n) is 4.60. The van der Waals surface area contributed by atoms with Crippen molar-refractivity contribution in [2.75, 3.05) is 0 Å². The van der Waals surface area contributed by atoms with Crippen molar-refractivity contribution in [2.45, 2.75) is 26.7 Å². The van der Waals surface area contributed by atoms with Crippen molar-refractivity contribution < 1.29 is 9.59 Å². The molecule has 0 fully saturated rings. The van der Waals surface area contributed by atoms with E-state index in [-0.39, 0.29) is 11.6 Å². The maximum absolute atomic E-state index is 12.1. The first-order chi connectivity index (χ1) is 7.03. The third kappa shape index (κ3) is 1.60. The Morgan fingerprint density at radius 2 is 2.07 bits per heavy atom. The lowest BCUT2D eigenvalue weighted by atomic mass is 9.81. The Hall–Kier alpha value is -1.44. The van der Waals surface area contributed by atoms with Gasteiger partial charge < -0.3 is 0 Å². The zero-order valence-corrected chi connectivity index (χ0v) is 9.04. The Morgan fingerprint density at radius 3 is 2.67 bits per heavy atom. The summed E-state index contributed by atoms with van der Waals surface area (Å²) in [6.07, 6.45) is 1.04. The molecule has 1 aliphatic rings. The highest BCUT2D eigenvalue weighted by atomic mass is 16.1. The van der Waals surface area contributed by atoms with E-state index >= 15 is 0 Å². The average molecular weight is 202 g/mol. The fourth-order valence-corrected chi connectivity index (χ4v) is 2.41. The van der Waals surface area contributed by atoms with Crippen LogP contribution in [-0.4, -0.2) is 11.6 Å². The van der Waals surface area contributed by atoms with Crippen LogP contribution in [-0.2, 0) is 11.2 Å². The van der Waals surface area contributed by atoms with Gasteiger partial charge in [-0.15, -0.1) is 0 Å². The number of carbonyl (C=O) groups is 2. The summed E-state index contributed by atoms with van der Waals surface area (Å²) in [6.45, 7) is 3.43. The molecule has 0 saturated heterocycles. The zero-order chi connectivity index (χ0) is 11.1. The maximum Gasteiger partial charge on any atom is 0.169 e. The normalized spacial score (nSPS) is 24.0. The van der Waals surface area contributed by atoms with Gasteiger partial charge in [-0.3, -0.25) is 9.59 Å². The Morgan fingerprint density at radius 1 is 1.40 bits per heavy atom. The third-order valence-electron chi connectivity index (χ3n) is 3.03.